The van der Waals surface area contributed by atoms with Crippen LogP contribution in [0.4, 0.5) is 24.7 Å². The zero-order valence-corrected chi connectivity index (χ0v) is 19.4. The van der Waals surface area contributed by atoms with Crippen LogP contribution in [0.3, 0.4) is 0 Å². The largest absolute Gasteiger partial charge is 0.419 e. The lowest BCUT2D eigenvalue weighted by molar-refractivity contribution is -0.137. The van der Waals surface area contributed by atoms with E-state index in [0.29, 0.717) is 31.6 Å². The second-order valence-corrected chi connectivity index (χ2v) is 9.30. The SMILES string of the molecule is NC(=O)C1CCN(Cc2cccc(NC(=O)C3CCCN(c4ncccc4C(F)(F)F)C3)c2)CC1. The monoisotopic (exact) mass is 489 g/mol. The fourth-order valence-corrected chi connectivity index (χ4v) is 4.88. The van der Waals surface area contributed by atoms with Gasteiger partial charge in [0.15, 0.2) is 0 Å². The lowest BCUT2D eigenvalue weighted by Crippen LogP contribution is -2.42. The maximum atomic E-state index is 13.4. The fraction of sp³-hybridized carbons (Fsp3) is 0.480. The van der Waals surface area contributed by atoms with E-state index in [9.17, 15) is 22.8 Å². The summed E-state index contributed by atoms with van der Waals surface area (Å²) in [4.78, 5) is 32.1. The molecule has 1 aromatic heterocycles. The first-order valence-corrected chi connectivity index (χ1v) is 11.9. The van der Waals surface area contributed by atoms with Crippen LogP contribution in [0.5, 0.6) is 0 Å². The zero-order valence-electron chi connectivity index (χ0n) is 19.4. The molecule has 2 fully saturated rings. The first kappa shape index (κ1) is 25.0. The maximum Gasteiger partial charge on any atom is 0.419 e. The third-order valence-corrected chi connectivity index (χ3v) is 6.77. The van der Waals surface area contributed by atoms with Gasteiger partial charge in [0.05, 0.1) is 11.5 Å². The van der Waals surface area contributed by atoms with Gasteiger partial charge in [-0.15, -0.1) is 0 Å². The van der Waals surface area contributed by atoms with Crippen molar-refractivity contribution < 1.29 is 22.8 Å². The quantitative estimate of drug-likeness (QED) is 0.646. The minimum Gasteiger partial charge on any atom is -0.369 e. The molecule has 4 rings (SSSR count). The van der Waals surface area contributed by atoms with E-state index >= 15 is 0 Å². The Labute approximate surface area is 202 Å². The van der Waals surface area contributed by atoms with Crippen LogP contribution >= 0.6 is 0 Å². The van der Waals surface area contributed by atoms with Gasteiger partial charge in [0, 0.05) is 37.4 Å². The Kier molecular flexibility index (Phi) is 7.59. The molecular weight excluding hydrogens is 459 g/mol. The number of carbonyl (C=O) groups excluding carboxylic acids is 2. The van der Waals surface area contributed by atoms with E-state index in [1.165, 1.54) is 12.3 Å². The van der Waals surface area contributed by atoms with Gasteiger partial charge in [-0.1, -0.05) is 12.1 Å². The van der Waals surface area contributed by atoms with Crippen molar-refractivity contribution in [2.45, 2.75) is 38.4 Å². The molecule has 1 unspecified atom stereocenters. The number of amides is 2. The van der Waals surface area contributed by atoms with Gasteiger partial charge in [-0.2, -0.15) is 13.2 Å². The van der Waals surface area contributed by atoms with Crippen molar-refractivity contribution in [3.63, 3.8) is 0 Å². The highest BCUT2D eigenvalue weighted by atomic mass is 19.4. The number of benzene rings is 1. The molecule has 0 radical (unpaired) electrons. The topological polar surface area (TPSA) is 91.6 Å². The number of halogens is 3. The number of carbonyl (C=O) groups is 2. The van der Waals surface area contributed by atoms with Crippen molar-refractivity contribution in [1.82, 2.24) is 9.88 Å². The van der Waals surface area contributed by atoms with Crippen LogP contribution in [0, 0.1) is 11.8 Å². The van der Waals surface area contributed by atoms with Crippen LogP contribution in [0.1, 0.15) is 36.8 Å². The Hall–Kier alpha value is -3.14. The normalized spacial score (nSPS) is 20.0. The molecule has 1 atom stereocenters. The molecule has 35 heavy (non-hydrogen) atoms. The van der Waals surface area contributed by atoms with Gasteiger partial charge in [0.1, 0.15) is 5.82 Å². The van der Waals surface area contributed by atoms with Crippen LogP contribution in [0.2, 0.25) is 0 Å². The summed E-state index contributed by atoms with van der Waals surface area (Å²) in [6.45, 7) is 2.88. The average Bonchev–Trinajstić information content (AvgIpc) is 2.84. The molecule has 2 saturated heterocycles. The van der Waals surface area contributed by atoms with Crippen molar-refractivity contribution >= 4 is 23.3 Å². The Morgan fingerprint density at radius 3 is 2.54 bits per heavy atom. The molecule has 2 aromatic rings. The highest BCUT2D eigenvalue weighted by Gasteiger charge is 2.37. The van der Waals surface area contributed by atoms with E-state index in [-0.39, 0.29) is 30.1 Å². The molecule has 0 saturated carbocycles. The standard InChI is InChI=1S/C25H30F3N5O2/c26-25(27,28)21-7-2-10-30-23(21)33-11-3-5-19(16-33)24(35)31-20-6-1-4-17(14-20)15-32-12-8-18(9-13-32)22(29)34/h1-2,4,6-7,10,14,18-19H,3,5,8-9,11-13,15-16H2,(H2,29,34)(H,31,35). The second kappa shape index (κ2) is 10.6. The third-order valence-electron chi connectivity index (χ3n) is 6.77. The van der Waals surface area contributed by atoms with Crippen LogP contribution in [0.25, 0.3) is 0 Å². The molecular formula is C25H30F3N5O2. The molecule has 2 amide bonds. The van der Waals surface area contributed by atoms with Crippen molar-refractivity contribution in [3.05, 3.63) is 53.7 Å². The van der Waals surface area contributed by atoms with Gasteiger partial charge >= 0.3 is 6.18 Å². The molecule has 2 aliphatic heterocycles. The molecule has 1 aromatic carbocycles. The first-order chi connectivity index (χ1) is 16.7. The number of hydrogen-bond donors (Lipinski definition) is 2. The van der Waals surface area contributed by atoms with Crippen LogP contribution < -0.4 is 16.0 Å². The van der Waals surface area contributed by atoms with Crippen molar-refractivity contribution in [2.75, 3.05) is 36.4 Å². The summed E-state index contributed by atoms with van der Waals surface area (Å²) < 4.78 is 40.3. The minimum atomic E-state index is -4.51. The lowest BCUT2D eigenvalue weighted by atomic mass is 9.96. The van der Waals surface area contributed by atoms with Gasteiger partial charge in [-0.3, -0.25) is 14.5 Å². The van der Waals surface area contributed by atoms with Crippen LogP contribution in [0.15, 0.2) is 42.6 Å². The Morgan fingerprint density at radius 1 is 1.06 bits per heavy atom. The first-order valence-electron chi connectivity index (χ1n) is 11.9. The van der Waals surface area contributed by atoms with Gasteiger partial charge in [0.2, 0.25) is 11.8 Å². The van der Waals surface area contributed by atoms with E-state index in [1.807, 2.05) is 24.3 Å². The van der Waals surface area contributed by atoms with Crippen LogP contribution in [-0.4, -0.2) is 47.9 Å². The fourth-order valence-electron chi connectivity index (χ4n) is 4.88. The molecule has 2 aliphatic rings. The van der Waals surface area contributed by atoms with E-state index in [4.69, 9.17) is 5.73 Å². The minimum absolute atomic E-state index is 0.0646. The summed E-state index contributed by atoms with van der Waals surface area (Å²) in [5, 5.41) is 2.94. The van der Waals surface area contributed by atoms with Crippen molar-refractivity contribution in [1.29, 1.82) is 0 Å². The number of rotatable bonds is 6. The summed E-state index contributed by atoms with van der Waals surface area (Å²) >= 11 is 0. The van der Waals surface area contributed by atoms with E-state index < -0.39 is 17.7 Å². The van der Waals surface area contributed by atoms with E-state index in [1.54, 1.807) is 4.90 Å². The number of hydrogen-bond acceptors (Lipinski definition) is 5. The molecule has 7 nitrogen and oxygen atoms in total. The predicted molar refractivity (Wildman–Crippen MR) is 126 cm³/mol. The van der Waals surface area contributed by atoms with Crippen LogP contribution in [-0.2, 0) is 22.3 Å². The number of pyridine rings is 1. The predicted octanol–water partition coefficient (Wildman–Crippen LogP) is 3.65. The summed E-state index contributed by atoms with van der Waals surface area (Å²) in [7, 11) is 0. The number of likely N-dealkylation sites (tertiary alicyclic amines) is 1. The Bertz CT molecular complexity index is 1050. The number of nitrogens with one attached hydrogen (secondary N) is 1. The Balaban J connectivity index is 1.37. The summed E-state index contributed by atoms with van der Waals surface area (Å²) in [6, 6.07) is 9.87. The number of alkyl halides is 3. The number of aromatic nitrogens is 1. The maximum absolute atomic E-state index is 13.4. The summed E-state index contributed by atoms with van der Waals surface area (Å²) in [5.41, 5.74) is 6.32. The number of piperidine rings is 2. The van der Waals surface area contributed by atoms with E-state index in [0.717, 1.165) is 37.6 Å². The lowest BCUT2D eigenvalue weighted by Gasteiger charge is -2.34. The molecule has 3 N–H and O–H groups in total. The average molecular weight is 490 g/mol. The van der Waals surface area contributed by atoms with Gasteiger partial charge < -0.3 is 16.0 Å². The van der Waals surface area contributed by atoms with Gasteiger partial charge in [-0.05, 0) is 68.6 Å². The van der Waals surface area contributed by atoms with E-state index in [2.05, 4.69) is 15.2 Å². The smallest absolute Gasteiger partial charge is 0.369 e. The van der Waals surface area contributed by atoms with Crippen molar-refractivity contribution in [3.8, 4) is 0 Å². The highest BCUT2D eigenvalue weighted by molar-refractivity contribution is 5.93. The highest BCUT2D eigenvalue weighted by Crippen LogP contribution is 2.36. The van der Waals surface area contributed by atoms with Crippen molar-refractivity contribution in [2.24, 2.45) is 17.6 Å². The number of anilines is 2. The third kappa shape index (κ3) is 6.30. The summed E-state index contributed by atoms with van der Waals surface area (Å²) in [6.07, 6.45) is -0.463. The molecule has 10 heteroatoms. The Morgan fingerprint density at radius 2 is 1.83 bits per heavy atom. The number of primary amides is 1. The molecule has 0 aliphatic carbocycles. The molecule has 3 heterocycles. The second-order valence-electron chi connectivity index (χ2n) is 9.30. The number of nitrogens with two attached hydrogens (primary N) is 1. The van der Waals surface area contributed by atoms with Gasteiger partial charge in [0.25, 0.3) is 0 Å². The molecule has 0 spiro atoms. The summed E-state index contributed by atoms with van der Waals surface area (Å²) in [5.74, 6) is -1.08. The molecule has 188 valence electrons. The number of nitrogens with zero attached hydrogens (tertiary/aromatic N) is 3. The molecule has 0 bridgehead atoms. The van der Waals surface area contributed by atoms with Gasteiger partial charge in [-0.25, -0.2) is 4.98 Å². The zero-order chi connectivity index (χ0) is 25.0.